The Bertz CT molecular complexity index is 587. The Kier molecular flexibility index (Phi) is 5.94. The molecule has 23 heavy (non-hydrogen) atoms. The number of cyclic esters (lactones) is 1. The van der Waals surface area contributed by atoms with Crippen LogP contribution in [0.5, 0.6) is 0 Å². The lowest BCUT2D eigenvalue weighted by atomic mass is 10.2. The molecule has 1 heterocycles. The van der Waals surface area contributed by atoms with Crippen molar-refractivity contribution in [2.24, 2.45) is 0 Å². The molecule has 0 aliphatic carbocycles. The molecule has 7 nitrogen and oxygen atoms in total. The molecule has 9 heteroatoms. The molecular formula is C14H18FN3O4S. The number of rotatable bonds is 6. The van der Waals surface area contributed by atoms with Crippen molar-refractivity contribution in [3.05, 3.63) is 24.0 Å². The van der Waals surface area contributed by atoms with Gasteiger partial charge in [-0.3, -0.25) is 4.90 Å². The zero-order valence-electron chi connectivity index (χ0n) is 12.5. The Balaban J connectivity index is 2.00. The molecule has 1 aliphatic heterocycles. The molecule has 0 aromatic heterocycles. The number of ether oxygens (including phenoxy) is 2. The van der Waals surface area contributed by atoms with E-state index in [1.165, 1.54) is 24.1 Å². The number of thiocarbonyl (C=S) groups is 1. The highest BCUT2D eigenvalue weighted by atomic mass is 32.1. The van der Waals surface area contributed by atoms with Crippen molar-refractivity contribution >= 4 is 34.9 Å². The fraction of sp³-hybridized carbons (Fsp3) is 0.429. The summed E-state index contributed by atoms with van der Waals surface area (Å²) in [6, 6.07) is 4.37. The molecular weight excluding hydrogens is 325 g/mol. The summed E-state index contributed by atoms with van der Waals surface area (Å²) in [7, 11) is 1.44. The van der Waals surface area contributed by atoms with Gasteiger partial charge >= 0.3 is 6.09 Å². The van der Waals surface area contributed by atoms with E-state index in [1.54, 1.807) is 6.07 Å². The molecule has 1 fully saturated rings. The van der Waals surface area contributed by atoms with Gasteiger partial charge in [-0.1, -0.05) is 0 Å². The molecule has 2 rings (SSSR count). The van der Waals surface area contributed by atoms with Gasteiger partial charge in [0.1, 0.15) is 11.9 Å². The van der Waals surface area contributed by atoms with Crippen molar-refractivity contribution < 1.29 is 23.8 Å². The quantitative estimate of drug-likeness (QED) is 0.667. The largest absolute Gasteiger partial charge is 0.474 e. The fourth-order valence-electron chi connectivity index (χ4n) is 2.11. The van der Waals surface area contributed by atoms with E-state index >= 15 is 0 Å². The second-order valence-electron chi connectivity index (χ2n) is 4.80. The van der Waals surface area contributed by atoms with Crippen molar-refractivity contribution in [3.8, 4) is 0 Å². The van der Waals surface area contributed by atoms with E-state index in [0.717, 1.165) is 0 Å². The predicted octanol–water partition coefficient (Wildman–Crippen LogP) is 1.08. The third-order valence-corrected chi connectivity index (χ3v) is 3.54. The minimum atomic E-state index is -0.546. The number of hydrogen-bond acceptors (Lipinski definition) is 6. The van der Waals surface area contributed by atoms with Gasteiger partial charge in [-0.2, -0.15) is 0 Å². The number of nitrogens with zero attached hydrogens (tertiary/aromatic N) is 1. The monoisotopic (exact) mass is 343 g/mol. The van der Waals surface area contributed by atoms with Gasteiger partial charge in [-0.05, 0) is 30.4 Å². The molecule has 1 atom stereocenters. The van der Waals surface area contributed by atoms with E-state index in [9.17, 15) is 9.18 Å². The molecule has 0 radical (unpaired) electrons. The maximum atomic E-state index is 14.0. The maximum absolute atomic E-state index is 14.0. The van der Waals surface area contributed by atoms with Gasteiger partial charge in [0.2, 0.25) is 0 Å². The molecule has 1 aromatic carbocycles. The molecule has 0 bridgehead atoms. The van der Waals surface area contributed by atoms with Crippen molar-refractivity contribution in [1.82, 2.24) is 5.32 Å². The molecule has 0 spiro atoms. The van der Waals surface area contributed by atoms with Crippen molar-refractivity contribution in [1.29, 1.82) is 0 Å². The predicted molar refractivity (Wildman–Crippen MR) is 87.2 cm³/mol. The van der Waals surface area contributed by atoms with Crippen LogP contribution < -0.4 is 15.5 Å². The third-order valence-electron chi connectivity index (χ3n) is 3.23. The average Bonchev–Trinajstić information content (AvgIpc) is 2.92. The first kappa shape index (κ1) is 17.2. The van der Waals surface area contributed by atoms with E-state index in [0.29, 0.717) is 12.2 Å². The number of hydrogen-bond donors (Lipinski definition) is 3. The van der Waals surface area contributed by atoms with Gasteiger partial charge in [-0.15, -0.1) is 0 Å². The summed E-state index contributed by atoms with van der Waals surface area (Å²) in [5.41, 5.74) is 0.665. The summed E-state index contributed by atoms with van der Waals surface area (Å²) in [6.07, 6.45) is -0.957. The fourth-order valence-corrected chi connectivity index (χ4v) is 2.20. The van der Waals surface area contributed by atoms with Gasteiger partial charge in [0.15, 0.2) is 0 Å². The SMILES string of the molecule is COC(=S)NC[C@H]1CN(c2ccc(NCCO)c(F)c2)C(=O)O1. The topological polar surface area (TPSA) is 83.1 Å². The maximum Gasteiger partial charge on any atom is 0.414 e. The Morgan fingerprint density at radius 1 is 1.61 bits per heavy atom. The molecule has 3 N–H and O–H groups in total. The molecule has 126 valence electrons. The van der Waals surface area contributed by atoms with Gasteiger partial charge in [0.25, 0.3) is 5.17 Å². The number of aliphatic hydroxyl groups is 1. The van der Waals surface area contributed by atoms with Gasteiger partial charge in [-0.25, -0.2) is 9.18 Å². The van der Waals surface area contributed by atoms with E-state index < -0.39 is 18.0 Å². The van der Waals surface area contributed by atoms with Gasteiger partial charge < -0.3 is 25.2 Å². The molecule has 0 saturated carbocycles. The standard InChI is InChI=1S/C14H18FN3O4S/c1-21-13(23)17-7-10-8-18(14(20)22-10)9-2-3-12(11(15)6-9)16-4-5-19/h2-3,6,10,16,19H,4-5,7-8H2,1H3,(H,17,23)/t10-/m0/s1. The summed E-state index contributed by atoms with van der Waals surface area (Å²) >= 11 is 4.85. The van der Waals surface area contributed by atoms with E-state index in [4.69, 9.17) is 26.8 Å². The zero-order valence-corrected chi connectivity index (χ0v) is 13.4. The molecule has 1 aromatic rings. The Hall–Kier alpha value is -2.13. The summed E-state index contributed by atoms with van der Waals surface area (Å²) in [4.78, 5) is 13.3. The lowest BCUT2D eigenvalue weighted by Gasteiger charge is -2.15. The number of carbonyl (C=O) groups is 1. The average molecular weight is 343 g/mol. The number of anilines is 2. The highest BCUT2D eigenvalue weighted by Gasteiger charge is 2.32. The smallest absolute Gasteiger partial charge is 0.414 e. The molecule has 0 unspecified atom stereocenters. The molecule has 1 aliphatic rings. The first-order valence-electron chi connectivity index (χ1n) is 6.99. The van der Waals surface area contributed by atoms with E-state index in [1.807, 2.05) is 0 Å². The number of benzene rings is 1. The lowest BCUT2D eigenvalue weighted by Crippen LogP contribution is -2.34. The second-order valence-corrected chi connectivity index (χ2v) is 5.17. The second kappa shape index (κ2) is 7.93. The summed E-state index contributed by atoms with van der Waals surface area (Å²) in [5.74, 6) is -0.508. The third kappa shape index (κ3) is 4.42. The van der Waals surface area contributed by atoms with E-state index in [2.05, 4.69) is 10.6 Å². The first-order chi connectivity index (χ1) is 11.0. The Morgan fingerprint density at radius 2 is 2.39 bits per heavy atom. The van der Waals surface area contributed by atoms with Crippen LogP contribution in [0.25, 0.3) is 0 Å². The highest BCUT2D eigenvalue weighted by Crippen LogP contribution is 2.25. The number of carbonyl (C=O) groups excluding carboxylic acids is 1. The summed E-state index contributed by atoms with van der Waals surface area (Å²) in [5, 5.41) is 14.5. The molecule has 1 amide bonds. The van der Waals surface area contributed by atoms with Crippen LogP contribution in [0.3, 0.4) is 0 Å². The van der Waals surface area contributed by atoms with Crippen molar-refractivity contribution in [2.75, 3.05) is 43.6 Å². The van der Waals surface area contributed by atoms with Crippen LogP contribution in [-0.2, 0) is 9.47 Å². The number of amides is 1. The minimum Gasteiger partial charge on any atom is -0.474 e. The number of nitrogens with one attached hydrogen (secondary N) is 2. The number of aliphatic hydroxyl groups excluding tert-OH is 1. The first-order valence-corrected chi connectivity index (χ1v) is 7.40. The van der Waals surface area contributed by atoms with Crippen molar-refractivity contribution in [3.63, 3.8) is 0 Å². The highest BCUT2D eigenvalue weighted by molar-refractivity contribution is 7.80. The van der Waals surface area contributed by atoms with Crippen LogP contribution in [0.15, 0.2) is 18.2 Å². The van der Waals surface area contributed by atoms with E-state index in [-0.39, 0.29) is 30.6 Å². The summed E-state index contributed by atoms with van der Waals surface area (Å²) in [6.45, 7) is 0.737. The van der Waals surface area contributed by atoms with Crippen LogP contribution in [0.1, 0.15) is 0 Å². The Labute approximate surface area is 138 Å². The zero-order chi connectivity index (χ0) is 16.8. The molecule has 1 saturated heterocycles. The van der Waals surface area contributed by atoms with Crippen LogP contribution in [0.4, 0.5) is 20.6 Å². The Morgan fingerprint density at radius 3 is 3.04 bits per heavy atom. The van der Waals surface area contributed by atoms with Crippen LogP contribution in [0.2, 0.25) is 0 Å². The van der Waals surface area contributed by atoms with Crippen LogP contribution >= 0.6 is 12.2 Å². The lowest BCUT2D eigenvalue weighted by molar-refractivity contribution is 0.142. The number of halogens is 1. The van der Waals surface area contributed by atoms with Crippen molar-refractivity contribution in [2.45, 2.75) is 6.10 Å². The van der Waals surface area contributed by atoms with Crippen LogP contribution in [-0.4, -0.2) is 55.8 Å². The minimum absolute atomic E-state index is 0.0995. The number of methoxy groups -OCH3 is 1. The van der Waals surface area contributed by atoms with Gasteiger partial charge in [0.05, 0.1) is 38.2 Å². The normalized spacial score (nSPS) is 16.9. The van der Waals surface area contributed by atoms with Gasteiger partial charge in [0, 0.05) is 6.54 Å². The summed E-state index contributed by atoms with van der Waals surface area (Å²) < 4.78 is 24.0. The van der Waals surface area contributed by atoms with Crippen LogP contribution in [0, 0.1) is 5.82 Å².